The topological polar surface area (TPSA) is 73.0 Å². The highest BCUT2D eigenvalue weighted by atomic mass is 16.4. The first-order valence-electron chi connectivity index (χ1n) is 6.34. The van der Waals surface area contributed by atoms with Gasteiger partial charge in [-0.1, -0.05) is 45.0 Å². The third-order valence-electron chi connectivity index (χ3n) is 3.18. The molecule has 0 radical (unpaired) electrons. The summed E-state index contributed by atoms with van der Waals surface area (Å²) in [6.07, 6.45) is 1.38. The lowest BCUT2D eigenvalue weighted by molar-refractivity contribution is -0.255. The first-order valence-corrected chi connectivity index (χ1v) is 6.34. The Hall–Kier alpha value is -2.36. The van der Waals surface area contributed by atoms with Crippen molar-refractivity contribution in [1.82, 2.24) is 4.98 Å². The van der Waals surface area contributed by atoms with Crippen LogP contribution in [0.2, 0.25) is 0 Å². The molecule has 0 amide bonds. The van der Waals surface area contributed by atoms with Crippen LogP contribution in [0.5, 0.6) is 0 Å². The van der Waals surface area contributed by atoms with Gasteiger partial charge in [-0.15, -0.1) is 0 Å². The zero-order chi connectivity index (χ0) is 14.9. The number of carbonyl (C=O) groups is 2. The maximum atomic E-state index is 12.2. The Morgan fingerprint density at radius 1 is 1.05 bits per heavy atom. The lowest BCUT2D eigenvalue weighted by Crippen LogP contribution is -2.22. The van der Waals surface area contributed by atoms with Crippen LogP contribution in [-0.4, -0.2) is 16.7 Å². The number of aromatic nitrogens is 1. The second-order valence-electron chi connectivity index (χ2n) is 5.75. The largest absolute Gasteiger partial charge is 0.543 e. The molecule has 20 heavy (non-hydrogen) atoms. The van der Waals surface area contributed by atoms with Gasteiger partial charge in [-0.3, -0.25) is 4.79 Å². The van der Waals surface area contributed by atoms with Crippen molar-refractivity contribution in [3.05, 3.63) is 58.9 Å². The van der Waals surface area contributed by atoms with Gasteiger partial charge in [0.25, 0.3) is 0 Å². The van der Waals surface area contributed by atoms with E-state index >= 15 is 0 Å². The molecular formula is C16H16NO3-. The molecule has 2 aromatic rings. The van der Waals surface area contributed by atoms with Crippen LogP contribution >= 0.6 is 0 Å². The number of benzene rings is 1. The Bertz CT molecular complexity index is 645. The number of carboxylic acid groups (broad SMARTS) is 1. The fourth-order valence-electron chi connectivity index (χ4n) is 1.93. The van der Waals surface area contributed by atoms with Gasteiger partial charge in [0.05, 0.1) is 11.7 Å². The van der Waals surface area contributed by atoms with Crippen LogP contribution in [0.3, 0.4) is 0 Å². The molecule has 4 heteroatoms. The second-order valence-corrected chi connectivity index (χ2v) is 5.75. The Balaban J connectivity index is 2.27. The lowest BCUT2D eigenvalue weighted by Gasteiger charge is -2.18. The number of aromatic amines is 1. The van der Waals surface area contributed by atoms with E-state index in [0.717, 1.165) is 5.56 Å². The van der Waals surface area contributed by atoms with E-state index in [1.165, 1.54) is 12.3 Å². The number of ketones is 1. The van der Waals surface area contributed by atoms with Crippen LogP contribution in [0.15, 0.2) is 36.5 Å². The molecule has 104 valence electrons. The molecule has 0 aliphatic heterocycles. The van der Waals surface area contributed by atoms with Crippen LogP contribution in [0.25, 0.3) is 0 Å². The molecule has 1 heterocycles. The number of carbonyl (C=O) groups excluding carboxylic acids is 2. The van der Waals surface area contributed by atoms with Gasteiger partial charge in [0.15, 0.2) is 5.78 Å². The highest BCUT2D eigenvalue weighted by Gasteiger charge is 2.15. The van der Waals surface area contributed by atoms with Gasteiger partial charge in [0.2, 0.25) is 0 Å². The number of carboxylic acids is 1. The minimum atomic E-state index is -1.33. The summed E-state index contributed by atoms with van der Waals surface area (Å²) in [4.78, 5) is 25.4. The van der Waals surface area contributed by atoms with E-state index in [4.69, 9.17) is 0 Å². The summed E-state index contributed by atoms with van der Waals surface area (Å²) < 4.78 is 0. The summed E-state index contributed by atoms with van der Waals surface area (Å²) in [6, 6.07) is 8.64. The first kappa shape index (κ1) is 14.1. The van der Waals surface area contributed by atoms with Crippen molar-refractivity contribution in [2.24, 2.45) is 0 Å². The fourth-order valence-corrected chi connectivity index (χ4v) is 1.93. The average Bonchev–Trinajstić information content (AvgIpc) is 2.86. The molecule has 0 spiro atoms. The van der Waals surface area contributed by atoms with Gasteiger partial charge in [0, 0.05) is 17.3 Å². The van der Waals surface area contributed by atoms with Gasteiger partial charge >= 0.3 is 0 Å². The third-order valence-corrected chi connectivity index (χ3v) is 3.18. The molecule has 0 fully saturated rings. The Labute approximate surface area is 117 Å². The molecule has 1 aromatic heterocycles. The third kappa shape index (κ3) is 2.79. The molecule has 0 aliphatic rings. The van der Waals surface area contributed by atoms with Crippen molar-refractivity contribution >= 4 is 11.8 Å². The second kappa shape index (κ2) is 4.96. The molecule has 0 unspecified atom stereocenters. The van der Waals surface area contributed by atoms with Crippen LogP contribution in [0, 0.1) is 0 Å². The van der Waals surface area contributed by atoms with E-state index in [2.05, 4.69) is 25.8 Å². The van der Waals surface area contributed by atoms with Crippen LogP contribution in [0.1, 0.15) is 52.7 Å². The van der Waals surface area contributed by atoms with E-state index in [-0.39, 0.29) is 16.9 Å². The molecule has 0 saturated heterocycles. The molecule has 0 atom stereocenters. The number of H-pyrrole nitrogens is 1. The summed E-state index contributed by atoms with van der Waals surface area (Å²) in [5, 5.41) is 10.7. The number of nitrogens with one attached hydrogen (secondary N) is 1. The Morgan fingerprint density at radius 2 is 1.65 bits per heavy atom. The number of hydrogen-bond acceptors (Lipinski definition) is 3. The summed E-state index contributed by atoms with van der Waals surface area (Å²) >= 11 is 0. The first-order chi connectivity index (χ1) is 9.29. The number of aromatic carboxylic acids is 1. The average molecular weight is 270 g/mol. The number of rotatable bonds is 3. The predicted octanol–water partition coefficient (Wildman–Crippen LogP) is 1.91. The van der Waals surface area contributed by atoms with E-state index in [9.17, 15) is 14.7 Å². The molecular weight excluding hydrogens is 254 g/mol. The van der Waals surface area contributed by atoms with Gasteiger partial charge in [0.1, 0.15) is 0 Å². The van der Waals surface area contributed by atoms with E-state index < -0.39 is 5.97 Å². The predicted molar refractivity (Wildman–Crippen MR) is 73.7 cm³/mol. The standard InChI is InChI=1S/C16H17NO3/c1-16(2,3)12-6-4-10(5-7-12)14(18)11-8-13(15(19)20)17-9-11/h4-9,17H,1-3H3,(H,19,20)/p-1. The molecule has 4 nitrogen and oxygen atoms in total. The quantitative estimate of drug-likeness (QED) is 0.866. The Morgan fingerprint density at radius 3 is 2.10 bits per heavy atom. The van der Waals surface area contributed by atoms with Crippen molar-refractivity contribution < 1.29 is 14.7 Å². The fraction of sp³-hybridized carbons (Fsp3) is 0.250. The van der Waals surface area contributed by atoms with Crippen LogP contribution in [-0.2, 0) is 5.41 Å². The molecule has 0 aliphatic carbocycles. The van der Waals surface area contributed by atoms with Gasteiger partial charge in [-0.25, -0.2) is 0 Å². The number of hydrogen-bond donors (Lipinski definition) is 1. The highest BCUT2D eigenvalue weighted by Crippen LogP contribution is 2.23. The van der Waals surface area contributed by atoms with Crippen molar-refractivity contribution in [2.75, 3.05) is 0 Å². The molecule has 2 rings (SSSR count). The van der Waals surface area contributed by atoms with E-state index in [1.807, 2.05) is 12.1 Å². The zero-order valence-electron chi connectivity index (χ0n) is 11.7. The SMILES string of the molecule is CC(C)(C)c1ccc(C(=O)c2c[nH]c(C(=O)[O-])c2)cc1. The monoisotopic (exact) mass is 270 g/mol. The minimum absolute atomic E-state index is 0.0256. The highest BCUT2D eigenvalue weighted by molar-refractivity contribution is 6.09. The van der Waals surface area contributed by atoms with Crippen molar-refractivity contribution in [3.63, 3.8) is 0 Å². The molecule has 0 bridgehead atoms. The summed E-state index contributed by atoms with van der Waals surface area (Å²) in [5.74, 6) is -1.54. The van der Waals surface area contributed by atoms with Gasteiger partial charge < -0.3 is 14.9 Å². The summed E-state index contributed by atoms with van der Waals surface area (Å²) in [7, 11) is 0. The molecule has 1 aromatic carbocycles. The lowest BCUT2D eigenvalue weighted by atomic mass is 9.86. The maximum Gasteiger partial charge on any atom is 0.194 e. The van der Waals surface area contributed by atoms with Crippen LogP contribution < -0.4 is 5.11 Å². The van der Waals surface area contributed by atoms with Gasteiger partial charge in [-0.2, -0.15) is 0 Å². The normalized spacial score (nSPS) is 11.3. The van der Waals surface area contributed by atoms with Crippen molar-refractivity contribution in [2.45, 2.75) is 26.2 Å². The van der Waals surface area contributed by atoms with Crippen LogP contribution in [0.4, 0.5) is 0 Å². The Kier molecular flexibility index (Phi) is 3.49. The molecule has 0 saturated carbocycles. The summed E-state index contributed by atoms with van der Waals surface area (Å²) in [5.41, 5.74) is 1.91. The van der Waals surface area contributed by atoms with Crippen molar-refractivity contribution in [1.29, 1.82) is 0 Å². The smallest absolute Gasteiger partial charge is 0.194 e. The maximum absolute atomic E-state index is 12.2. The van der Waals surface area contributed by atoms with E-state index in [1.54, 1.807) is 12.1 Å². The van der Waals surface area contributed by atoms with Crippen molar-refractivity contribution in [3.8, 4) is 0 Å². The molecule has 1 N–H and O–H groups in total. The zero-order valence-corrected chi connectivity index (χ0v) is 11.7. The van der Waals surface area contributed by atoms with Gasteiger partial charge in [-0.05, 0) is 17.0 Å². The minimum Gasteiger partial charge on any atom is -0.543 e. The van der Waals surface area contributed by atoms with E-state index in [0.29, 0.717) is 11.1 Å². The summed E-state index contributed by atoms with van der Waals surface area (Å²) in [6.45, 7) is 6.30.